The average molecular weight is 692 g/mol. The van der Waals surface area contributed by atoms with Crippen molar-refractivity contribution in [2.24, 2.45) is 0 Å². The summed E-state index contributed by atoms with van der Waals surface area (Å²) in [6, 6.07) is 14.8. The molecule has 0 spiro atoms. The molecule has 12 nitrogen and oxygen atoms in total. The van der Waals surface area contributed by atoms with Gasteiger partial charge in [0, 0.05) is 55.1 Å². The van der Waals surface area contributed by atoms with Crippen LogP contribution in [0.2, 0.25) is 0 Å². The Morgan fingerprint density at radius 3 is 2.29 bits per heavy atom. The van der Waals surface area contributed by atoms with Gasteiger partial charge in [-0.2, -0.15) is 0 Å². The lowest BCUT2D eigenvalue weighted by atomic mass is 10.0. The number of benzene rings is 2. The van der Waals surface area contributed by atoms with Crippen LogP contribution in [0.15, 0.2) is 71.1 Å². The van der Waals surface area contributed by atoms with E-state index in [1.54, 1.807) is 51.7 Å². The zero-order chi connectivity index (χ0) is 34.6. The normalized spacial score (nSPS) is 13.6. The predicted molar refractivity (Wildman–Crippen MR) is 182 cm³/mol. The molecule has 5 rings (SSSR count). The third-order valence-corrected chi connectivity index (χ3v) is 9.26. The highest BCUT2D eigenvalue weighted by Gasteiger charge is 2.28. The fourth-order valence-corrected chi connectivity index (χ4v) is 6.29. The second kappa shape index (κ2) is 14.1. The molecule has 1 aliphatic rings. The SMILES string of the molecule is Cc1cccnc1-c1cc(Oc2ccc(S(C)(=O)=O)cc2)cc(C(=O)Nc2nc(CC(=O)N3CCN(C(=O)OC(C)(C)C)CC3)cs2)c1. The van der Waals surface area contributed by atoms with Gasteiger partial charge in [0.25, 0.3) is 5.91 Å². The molecule has 4 aromatic rings. The van der Waals surface area contributed by atoms with Gasteiger partial charge in [-0.3, -0.25) is 19.9 Å². The second-order valence-corrected chi connectivity index (χ2v) is 15.3. The van der Waals surface area contributed by atoms with Gasteiger partial charge in [-0.25, -0.2) is 18.2 Å². The number of anilines is 1. The Hall–Kier alpha value is -4.82. The highest BCUT2D eigenvalue weighted by atomic mass is 32.2. The average Bonchev–Trinajstić information content (AvgIpc) is 3.46. The number of sulfone groups is 1. The summed E-state index contributed by atoms with van der Waals surface area (Å²) in [5.74, 6) is 0.191. The van der Waals surface area contributed by atoms with Crippen LogP contribution in [-0.4, -0.2) is 84.1 Å². The Balaban J connectivity index is 1.27. The Bertz CT molecular complexity index is 1930. The molecule has 0 radical (unpaired) electrons. The first-order valence-corrected chi connectivity index (χ1v) is 18.0. The number of piperazine rings is 1. The Kier molecular flexibility index (Phi) is 10.2. The fraction of sp³-hybridized carbons (Fsp3) is 0.324. The lowest BCUT2D eigenvalue weighted by molar-refractivity contribution is -0.132. The van der Waals surface area contributed by atoms with Crippen LogP contribution in [0.3, 0.4) is 0 Å². The predicted octanol–water partition coefficient (Wildman–Crippen LogP) is 5.58. The van der Waals surface area contributed by atoms with Crippen molar-refractivity contribution in [1.29, 1.82) is 0 Å². The maximum absolute atomic E-state index is 13.5. The smallest absolute Gasteiger partial charge is 0.410 e. The van der Waals surface area contributed by atoms with Gasteiger partial charge in [0.05, 0.1) is 22.7 Å². The van der Waals surface area contributed by atoms with Crippen LogP contribution in [0.25, 0.3) is 11.3 Å². The first-order valence-electron chi connectivity index (χ1n) is 15.2. The molecule has 2 aromatic heterocycles. The molecule has 1 N–H and O–H groups in total. The van der Waals surface area contributed by atoms with Crippen LogP contribution >= 0.6 is 11.3 Å². The number of thiazole rings is 1. The van der Waals surface area contributed by atoms with Gasteiger partial charge >= 0.3 is 6.09 Å². The van der Waals surface area contributed by atoms with E-state index in [-0.39, 0.29) is 22.8 Å². The molecule has 3 amide bonds. The van der Waals surface area contributed by atoms with E-state index in [2.05, 4.69) is 15.3 Å². The van der Waals surface area contributed by atoms with E-state index in [1.165, 1.54) is 23.5 Å². The van der Waals surface area contributed by atoms with Gasteiger partial charge in [-0.15, -0.1) is 11.3 Å². The summed E-state index contributed by atoms with van der Waals surface area (Å²) in [5, 5.41) is 4.88. The number of nitrogens with one attached hydrogen (secondary N) is 1. The van der Waals surface area contributed by atoms with Crippen molar-refractivity contribution >= 4 is 44.2 Å². The molecular formula is C34H37N5O7S2. The number of rotatable bonds is 8. The molecule has 0 bridgehead atoms. The van der Waals surface area contributed by atoms with E-state index >= 15 is 0 Å². The molecule has 0 aliphatic carbocycles. The Labute approximate surface area is 283 Å². The molecular weight excluding hydrogens is 655 g/mol. The Morgan fingerprint density at radius 1 is 0.958 bits per heavy atom. The summed E-state index contributed by atoms with van der Waals surface area (Å²) in [6.07, 6.45) is 2.46. The molecule has 0 saturated carbocycles. The second-order valence-electron chi connectivity index (χ2n) is 12.4. The highest BCUT2D eigenvalue weighted by molar-refractivity contribution is 7.90. The maximum Gasteiger partial charge on any atom is 0.410 e. The topological polar surface area (TPSA) is 148 Å². The van der Waals surface area contributed by atoms with Crippen molar-refractivity contribution in [1.82, 2.24) is 19.8 Å². The third kappa shape index (κ3) is 8.95. The standard InChI is InChI=1S/C34H37N5O7S2/c1-22-7-6-12-35-30(22)23-17-24(19-27(18-23)45-26-8-10-28(11-9-26)48(5,43)44)31(41)37-32-36-25(21-47-32)20-29(40)38-13-15-39(16-14-38)33(42)46-34(2,3)4/h6-12,17-19,21H,13-16,20H2,1-5H3,(H,36,37,41). The van der Waals surface area contributed by atoms with Crippen molar-refractivity contribution in [2.75, 3.05) is 37.8 Å². The van der Waals surface area contributed by atoms with Crippen LogP contribution in [0.1, 0.15) is 42.4 Å². The summed E-state index contributed by atoms with van der Waals surface area (Å²) >= 11 is 1.21. The van der Waals surface area contributed by atoms with E-state index < -0.39 is 27.4 Å². The van der Waals surface area contributed by atoms with Crippen LogP contribution in [-0.2, 0) is 25.8 Å². The number of aromatic nitrogens is 2. The third-order valence-electron chi connectivity index (χ3n) is 7.33. The number of aryl methyl sites for hydroxylation is 1. The number of hydrogen-bond donors (Lipinski definition) is 1. The van der Waals surface area contributed by atoms with Crippen molar-refractivity contribution in [3.05, 3.63) is 83.0 Å². The van der Waals surface area contributed by atoms with Crippen LogP contribution < -0.4 is 10.1 Å². The minimum absolute atomic E-state index is 0.0589. The molecule has 0 unspecified atom stereocenters. The Morgan fingerprint density at radius 2 is 1.65 bits per heavy atom. The number of carbonyl (C=O) groups is 3. The lowest BCUT2D eigenvalue weighted by Crippen LogP contribution is -2.52. The van der Waals surface area contributed by atoms with E-state index in [0.29, 0.717) is 59.8 Å². The molecule has 14 heteroatoms. The molecule has 2 aromatic carbocycles. The monoisotopic (exact) mass is 691 g/mol. The van der Waals surface area contributed by atoms with Gasteiger partial charge in [-0.1, -0.05) is 6.07 Å². The summed E-state index contributed by atoms with van der Waals surface area (Å²) in [7, 11) is -3.37. The fourth-order valence-electron chi connectivity index (χ4n) is 4.95. The number of hydrogen-bond acceptors (Lipinski definition) is 10. The zero-order valence-corrected chi connectivity index (χ0v) is 29.0. The summed E-state index contributed by atoms with van der Waals surface area (Å²) in [5.41, 5.74) is 2.45. The first-order chi connectivity index (χ1) is 22.6. The van der Waals surface area contributed by atoms with Gasteiger partial charge in [0.15, 0.2) is 15.0 Å². The number of nitrogens with zero attached hydrogens (tertiary/aromatic N) is 4. The molecule has 0 atom stereocenters. The van der Waals surface area contributed by atoms with E-state index in [0.717, 1.165) is 11.8 Å². The lowest BCUT2D eigenvalue weighted by Gasteiger charge is -2.35. The van der Waals surface area contributed by atoms with E-state index in [4.69, 9.17) is 9.47 Å². The first kappa shape index (κ1) is 34.5. The molecule has 1 aliphatic heterocycles. The van der Waals surface area contributed by atoms with Crippen LogP contribution in [0, 0.1) is 6.92 Å². The summed E-state index contributed by atoms with van der Waals surface area (Å²) in [4.78, 5) is 51.3. The summed E-state index contributed by atoms with van der Waals surface area (Å²) in [6.45, 7) is 8.91. The minimum Gasteiger partial charge on any atom is -0.457 e. The van der Waals surface area contributed by atoms with E-state index in [1.807, 2.05) is 39.8 Å². The zero-order valence-electron chi connectivity index (χ0n) is 27.3. The number of amides is 3. The maximum atomic E-state index is 13.5. The van der Waals surface area contributed by atoms with Gasteiger partial charge < -0.3 is 19.3 Å². The van der Waals surface area contributed by atoms with Crippen LogP contribution in [0.4, 0.5) is 9.93 Å². The number of carbonyl (C=O) groups excluding carboxylic acids is 3. The minimum atomic E-state index is -3.37. The largest absolute Gasteiger partial charge is 0.457 e. The molecule has 1 fully saturated rings. The number of ether oxygens (including phenoxy) is 2. The van der Waals surface area contributed by atoms with Gasteiger partial charge in [0.2, 0.25) is 5.91 Å². The van der Waals surface area contributed by atoms with Crippen molar-refractivity contribution in [3.8, 4) is 22.8 Å². The van der Waals surface area contributed by atoms with Crippen LogP contribution in [0.5, 0.6) is 11.5 Å². The van der Waals surface area contributed by atoms with Crippen molar-refractivity contribution < 1.29 is 32.3 Å². The summed E-state index contributed by atoms with van der Waals surface area (Å²) < 4.78 is 35.2. The molecule has 252 valence electrons. The molecule has 1 saturated heterocycles. The number of pyridine rings is 1. The molecule has 3 heterocycles. The molecule has 48 heavy (non-hydrogen) atoms. The highest BCUT2D eigenvalue weighted by Crippen LogP contribution is 2.31. The van der Waals surface area contributed by atoms with Gasteiger partial charge in [-0.05, 0) is 81.8 Å². The van der Waals surface area contributed by atoms with E-state index in [9.17, 15) is 22.8 Å². The quantitative estimate of drug-likeness (QED) is 0.250. The van der Waals surface area contributed by atoms with Crippen molar-refractivity contribution in [3.63, 3.8) is 0 Å². The van der Waals surface area contributed by atoms with Crippen molar-refractivity contribution in [2.45, 2.75) is 44.6 Å². The van der Waals surface area contributed by atoms with Gasteiger partial charge in [0.1, 0.15) is 17.1 Å².